The molecule has 7 rings (SSSR count). The van der Waals surface area contributed by atoms with Gasteiger partial charge in [0.25, 0.3) is 0 Å². The molecule has 0 saturated carbocycles. The molecule has 0 unspecified atom stereocenters. The molecule has 4 nitrogen and oxygen atoms in total. The minimum absolute atomic E-state index is 0.610. The number of fused-ring (bicyclic) bond motifs is 3. The highest BCUT2D eigenvalue weighted by atomic mass is 16.3. The van der Waals surface area contributed by atoms with Crippen molar-refractivity contribution in [3.05, 3.63) is 127 Å². The van der Waals surface area contributed by atoms with Gasteiger partial charge in [-0.2, -0.15) is 0 Å². The van der Waals surface area contributed by atoms with Crippen LogP contribution in [0.2, 0.25) is 0 Å². The van der Waals surface area contributed by atoms with E-state index in [9.17, 15) is 0 Å². The Morgan fingerprint density at radius 3 is 1.54 bits per heavy atom. The molecule has 0 saturated heterocycles. The number of rotatable bonds is 4. The summed E-state index contributed by atoms with van der Waals surface area (Å²) < 4.78 is 6.46. The van der Waals surface area contributed by atoms with Gasteiger partial charge in [-0.15, -0.1) is 0 Å². The van der Waals surface area contributed by atoms with Crippen LogP contribution in [0, 0.1) is 0 Å². The average Bonchev–Trinajstić information content (AvgIpc) is 3.36. The van der Waals surface area contributed by atoms with E-state index in [4.69, 9.17) is 19.4 Å². The highest BCUT2D eigenvalue weighted by Gasteiger charge is 2.16. The van der Waals surface area contributed by atoms with Crippen molar-refractivity contribution < 1.29 is 4.42 Å². The van der Waals surface area contributed by atoms with Crippen LogP contribution in [0.1, 0.15) is 0 Å². The van der Waals surface area contributed by atoms with Crippen molar-refractivity contribution in [1.82, 2.24) is 15.0 Å². The van der Waals surface area contributed by atoms with Gasteiger partial charge >= 0.3 is 0 Å². The fourth-order valence-corrected chi connectivity index (χ4v) is 4.72. The molecule has 0 spiro atoms. The van der Waals surface area contributed by atoms with Crippen molar-refractivity contribution in [2.45, 2.75) is 0 Å². The molecule has 0 aliphatic carbocycles. The van der Waals surface area contributed by atoms with E-state index in [1.165, 1.54) is 0 Å². The van der Waals surface area contributed by atoms with Crippen molar-refractivity contribution in [1.29, 1.82) is 0 Å². The summed E-state index contributed by atoms with van der Waals surface area (Å²) >= 11 is 0. The molecule has 2 heterocycles. The number of benzene rings is 5. The predicted octanol–water partition coefficient (Wildman–Crippen LogP) is 8.44. The molecule has 0 atom stereocenters. The van der Waals surface area contributed by atoms with Crippen LogP contribution in [-0.4, -0.2) is 15.0 Å². The monoisotopic (exact) mass is 475 g/mol. The Kier molecular flexibility index (Phi) is 5.07. The summed E-state index contributed by atoms with van der Waals surface area (Å²) in [5.41, 5.74) is 6.66. The minimum atomic E-state index is 0.610. The second kappa shape index (κ2) is 8.85. The van der Waals surface area contributed by atoms with Gasteiger partial charge in [0.2, 0.25) is 0 Å². The van der Waals surface area contributed by atoms with Gasteiger partial charge in [0.05, 0.1) is 0 Å². The molecule has 0 radical (unpaired) electrons. The summed E-state index contributed by atoms with van der Waals surface area (Å²) in [5, 5.41) is 2.16. The van der Waals surface area contributed by atoms with Gasteiger partial charge in [0.15, 0.2) is 17.5 Å². The highest BCUT2D eigenvalue weighted by Crippen LogP contribution is 2.37. The van der Waals surface area contributed by atoms with E-state index in [1.54, 1.807) is 0 Å². The van der Waals surface area contributed by atoms with Crippen molar-refractivity contribution in [3.63, 3.8) is 0 Å². The van der Waals surface area contributed by atoms with Gasteiger partial charge < -0.3 is 4.42 Å². The molecule has 174 valence electrons. The SMILES string of the molecule is c1ccc(-c2nc(-c3ccccc3)nc(-c3ccc4c(c3)oc3c(-c5ccccc5)cccc34)n2)cc1. The van der Waals surface area contributed by atoms with E-state index in [1.807, 2.05) is 84.9 Å². The van der Waals surface area contributed by atoms with Crippen molar-refractivity contribution in [2.75, 3.05) is 0 Å². The van der Waals surface area contributed by atoms with Gasteiger partial charge in [-0.25, -0.2) is 15.0 Å². The molecule has 5 aromatic carbocycles. The minimum Gasteiger partial charge on any atom is -0.455 e. The first-order valence-electron chi connectivity index (χ1n) is 12.2. The lowest BCUT2D eigenvalue weighted by atomic mass is 10.0. The van der Waals surface area contributed by atoms with E-state index in [-0.39, 0.29) is 0 Å². The summed E-state index contributed by atoms with van der Waals surface area (Å²) in [5.74, 6) is 1.89. The van der Waals surface area contributed by atoms with Gasteiger partial charge in [-0.1, -0.05) is 115 Å². The Hall–Kier alpha value is -5.09. The van der Waals surface area contributed by atoms with E-state index in [0.717, 1.165) is 49.8 Å². The number of aromatic nitrogens is 3. The summed E-state index contributed by atoms with van der Waals surface area (Å²) in [4.78, 5) is 14.5. The molecule has 0 aliphatic heterocycles. The van der Waals surface area contributed by atoms with Crippen LogP contribution >= 0.6 is 0 Å². The molecule has 7 aromatic rings. The van der Waals surface area contributed by atoms with Crippen LogP contribution in [0.5, 0.6) is 0 Å². The average molecular weight is 476 g/mol. The zero-order valence-electron chi connectivity index (χ0n) is 19.9. The zero-order valence-corrected chi connectivity index (χ0v) is 19.9. The Balaban J connectivity index is 1.41. The maximum absolute atomic E-state index is 6.46. The maximum atomic E-state index is 6.46. The quantitative estimate of drug-likeness (QED) is 0.256. The number of para-hydroxylation sites is 1. The van der Waals surface area contributed by atoms with E-state index < -0.39 is 0 Å². The van der Waals surface area contributed by atoms with E-state index in [0.29, 0.717) is 17.5 Å². The molecule has 0 aliphatic rings. The Morgan fingerprint density at radius 2 is 0.946 bits per heavy atom. The third-order valence-electron chi connectivity index (χ3n) is 6.54. The summed E-state index contributed by atoms with van der Waals surface area (Å²) in [6, 6.07) is 42.8. The Labute approximate surface area is 213 Å². The van der Waals surface area contributed by atoms with Crippen LogP contribution in [0.25, 0.3) is 67.2 Å². The number of hydrogen-bond acceptors (Lipinski definition) is 4. The number of hydrogen-bond donors (Lipinski definition) is 0. The lowest BCUT2D eigenvalue weighted by Crippen LogP contribution is -2.00. The molecule has 0 fully saturated rings. The van der Waals surface area contributed by atoms with Crippen molar-refractivity contribution >= 4 is 21.9 Å². The molecular weight excluding hydrogens is 454 g/mol. The van der Waals surface area contributed by atoms with Gasteiger partial charge in [-0.3, -0.25) is 0 Å². The van der Waals surface area contributed by atoms with Gasteiger partial charge in [0.1, 0.15) is 11.2 Å². The molecule has 4 heteroatoms. The van der Waals surface area contributed by atoms with Crippen molar-refractivity contribution in [3.8, 4) is 45.3 Å². The topological polar surface area (TPSA) is 51.8 Å². The van der Waals surface area contributed by atoms with E-state index in [2.05, 4.69) is 42.5 Å². The molecule has 0 amide bonds. The first kappa shape index (κ1) is 21.2. The van der Waals surface area contributed by atoms with Crippen molar-refractivity contribution in [2.24, 2.45) is 0 Å². The van der Waals surface area contributed by atoms with Gasteiger partial charge in [-0.05, 0) is 17.7 Å². The largest absolute Gasteiger partial charge is 0.455 e. The first-order chi connectivity index (χ1) is 18.3. The van der Waals surface area contributed by atoms with Crippen LogP contribution in [0.15, 0.2) is 132 Å². The molecular formula is C33H21N3O. The fourth-order valence-electron chi connectivity index (χ4n) is 4.72. The van der Waals surface area contributed by atoms with Crippen LogP contribution in [0.4, 0.5) is 0 Å². The third kappa shape index (κ3) is 3.85. The lowest BCUT2D eigenvalue weighted by molar-refractivity contribution is 0.670. The highest BCUT2D eigenvalue weighted by molar-refractivity contribution is 6.10. The molecule has 37 heavy (non-hydrogen) atoms. The first-order valence-corrected chi connectivity index (χ1v) is 12.2. The summed E-state index contributed by atoms with van der Waals surface area (Å²) in [6.45, 7) is 0. The second-order valence-electron chi connectivity index (χ2n) is 8.90. The normalized spacial score (nSPS) is 11.2. The smallest absolute Gasteiger partial charge is 0.164 e. The predicted molar refractivity (Wildman–Crippen MR) is 149 cm³/mol. The lowest BCUT2D eigenvalue weighted by Gasteiger charge is -2.08. The standard InChI is InChI=1S/C33H21N3O/c1-4-11-22(12-5-1)26-17-10-18-28-27-20-19-25(21-29(27)37-30(26)28)33-35-31(23-13-6-2-7-14-23)34-32(36-33)24-15-8-3-9-16-24/h1-21H. The Morgan fingerprint density at radius 1 is 0.405 bits per heavy atom. The number of nitrogens with zero attached hydrogens (tertiary/aromatic N) is 3. The summed E-state index contributed by atoms with van der Waals surface area (Å²) in [6.07, 6.45) is 0. The summed E-state index contributed by atoms with van der Waals surface area (Å²) in [7, 11) is 0. The maximum Gasteiger partial charge on any atom is 0.164 e. The van der Waals surface area contributed by atoms with Gasteiger partial charge in [0, 0.05) is 33.0 Å². The zero-order chi connectivity index (χ0) is 24.6. The third-order valence-corrected chi connectivity index (χ3v) is 6.54. The Bertz CT molecular complexity index is 1800. The fraction of sp³-hybridized carbons (Fsp3) is 0. The van der Waals surface area contributed by atoms with E-state index >= 15 is 0 Å². The van der Waals surface area contributed by atoms with Crippen LogP contribution in [0.3, 0.4) is 0 Å². The number of furan rings is 1. The van der Waals surface area contributed by atoms with Crippen LogP contribution < -0.4 is 0 Å². The molecule has 2 aromatic heterocycles. The second-order valence-corrected chi connectivity index (χ2v) is 8.90. The molecule has 0 N–H and O–H groups in total. The van der Waals surface area contributed by atoms with Crippen LogP contribution in [-0.2, 0) is 0 Å². The molecule has 0 bridgehead atoms.